The Kier molecular flexibility index (Phi) is 5.15. The molecule has 0 heterocycles. The van der Waals surface area contributed by atoms with Crippen molar-refractivity contribution in [2.45, 2.75) is 13.5 Å². The highest BCUT2D eigenvalue weighted by atomic mass is 16.6. The number of ether oxygens (including phenoxy) is 1. The van der Waals surface area contributed by atoms with E-state index in [1.165, 1.54) is 5.01 Å². The summed E-state index contributed by atoms with van der Waals surface area (Å²) in [4.78, 5) is 12.0. The van der Waals surface area contributed by atoms with Crippen molar-refractivity contribution in [1.29, 1.82) is 0 Å². The van der Waals surface area contributed by atoms with Crippen LogP contribution >= 0.6 is 0 Å². The van der Waals surface area contributed by atoms with E-state index in [2.05, 4.69) is 5.43 Å². The average Bonchev–Trinajstić information content (AvgIpc) is 2.50. The van der Waals surface area contributed by atoms with Gasteiger partial charge in [-0.25, -0.2) is 15.2 Å². The monoisotopic (exact) mass is 270 g/mol. The molecule has 1 amide bonds. The molecule has 0 bridgehead atoms. The van der Waals surface area contributed by atoms with Crippen LogP contribution in [0.4, 0.5) is 10.5 Å². The van der Waals surface area contributed by atoms with Gasteiger partial charge in [-0.1, -0.05) is 48.5 Å². The molecule has 2 aromatic carbocycles. The van der Waals surface area contributed by atoms with E-state index < -0.39 is 6.09 Å². The fourth-order valence-electron chi connectivity index (χ4n) is 1.79. The summed E-state index contributed by atoms with van der Waals surface area (Å²) in [6.07, 6.45) is -0.408. The molecule has 0 radical (unpaired) electrons. The summed E-state index contributed by atoms with van der Waals surface area (Å²) in [5.74, 6) is 0. The maximum Gasteiger partial charge on any atom is 0.429 e. The Bertz CT molecular complexity index is 529. The van der Waals surface area contributed by atoms with Crippen LogP contribution in [-0.2, 0) is 11.3 Å². The van der Waals surface area contributed by atoms with E-state index in [0.717, 1.165) is 11.3 Å². The van der Waals surface area contributed by atoms with Crippen LogP contribution in [0.1, 0.15) is 12.5 Å². The molecule has 0 spiro atoms. The van der Waals surface area contributed by atoms with Crippen molar-refractivity contribution >= 4 is 11.8 Å². The Morgan fingerprint density at radius 2 is 1.65 bits per heavy atom. The van der Waals surface area contributed by atoms with Gasteiger partial charge in [0.2, 0.25) is 0 Å². The van der Waals surface area contributed by atoms with Crippen LogP contribution in [0, 0.1) is 0 Å². The molecule has 2 aromatic rings. The van der Waals surface area contributed by atoms with Gasteiger partial charge in [0, 0.05) is 6.54 Å². The van der Waals surface area contributed by atoms with Crippen molar-refractivity contribution in [2.24, 2.45) is 0 Å². The van der Waals surface area contributed by atoms with Crippen LogP contribution in [0.25, 0.3) is 0 Å². The molecule has 20 heavy (non-hydrogen) atoms. The Hall–Kier alpha value is -2.33. The van der Waals surface area contributed by atoms with Crippen LogP contribution in [-0.4, -0.2) is 12.7 Å². The van der Waals surface area contributed by atoms with Crippen LogP contribution in [0.15, 0.2) is 60.7 Å². The molecule has 2 rings (SSSR count). The van der Waals surface area contributed by atoms with Crippen molar-refractivity contribution in [3.8, 4) is 0 Å². The molecule has 0 saturated heterocycles. The first-order chi connectivity index (χ1) is 9.81. The number of hydrogen-bond acceptors (Lipinski definition) is 3. The lowest BCUT2D eigenvalue weighted by molar-refractivity contribution is 0.156. The molecule has 0 aromatic heterocycles. The summed E-state index contributed by atoms with van der Waals surface area (Å²) in [7, 11) is 0. The van der Waals surface area contributed by atoms with Gasteiger partial charge in [0.15, 0.2) is 0 Å². The van der Waals surface area contributed by atoms with Gasteiger partial charge >= 0.3 is 6.09 Å². The number of anilines is 1. The predicted octanol–water partition coefficient (Wildman–Crippen LogP) is 3.35. The first-order valence-corrected chi connectivity index (χ1v) is 6.60. The van der Waals surface area contributed by atoms with Crippen LogP contribution in [0.2, 0.25) is 0 Å². The standard InChI is InChI=1S/C16H18N2O2/c1-2-20-16(19)18(15-11-7-4-8-12-15)17-13-14-9-5-3-6-10-14/h3-12,17H,2,13H2,1H3. The number of hydrogen-bond donors (Lipinski definition) is 1. The van der Waals surface area contributed by atoms with Crippen molar-refractivity contribution in [3.05, 3.63) is 66.2 Å². The quantitative estimate of drug-likeness (QED) is 0.847. The molecule has 104 valence electrons. The normalized spacial score (nSPS) is 10.1. The Balaban J connectivity index is 2.09. The number of carbonyl (C=O) groups is 1. The molecule has 4 heteroatoms. The van der Waals surface area contributed by atoms with Gasteiger partial charge in [0.05, 0.1) is 12.3 Å². The highest BCUT2D eigenvalue weighted by Crippen LogP contribution is 2.13. The summed E-state index contributed by atoms with van der Waals surface area (Å²) in [6.45, 7) is 2.68. The number of carbonyl (C=O) groups excluding carboxylic acids is 1. The summed E-state index contributed by atoms with van der Waals surface area (Å²) >= 11 is 0. The Morgan fingerprint density at radius 3 is 2.25 bits per heavy atom. The van der Waals surface area contributed by atoms with Crippen LogP contribution < -0.4 is 10.4 Å². The predicted molar refractivity (Wildman–Crippen MR) is 79.2 cm³/mol. The topological polar surface area (TPSA) is 41.6 Å². The Labute approximate surface area is 119 Å². The average molecular weight is 270 g/mol. The van der Waals surface area contributed by atoms with Crippen LogP contribution in [0.5, 0.6) is 0 Å². The first kappa shape index (κ1) is 14.1. The number of amides is 1. The number of hydrazine groups is 1. The number of benzene rings is 2. The van der Waals surface area contributed by atoms with E-state index in [9.17, 15) is 4.79 Å². The highest BCUT2D eigenvalue weighted by Gasteiger charge is 2.16. The van der Waals surface area contributed by atoms with Crippen molar-refractivity contribution in [3.63, 3.8) is 0 Å². The molecule has 0 saturated carbocycles. The molecule has 4 nitrogen and oxygen atoms in total. The van der Waals surface area contributed by atoms with Gasteiger partial charge in [-0.2, -0.15) is 0 Å². The summed E-state index contributed by atoms with van der Waals surface area (Å²) in [6, 6.07) is 19.3. The summed E-state index contributed by atoms with van der Waals surface area (Å²) in [5, 5.41) is 1.43. The van der Waals surface area contributed by atoms with Gasteiger partial charge in [-0.05, 0) is 24.6 Å². The van der Waals surface area contributed by atoms with Crippen molar-refractivity contribution in [2.75, 3.05) is 11.6 Å². The molecule has 0 fully saturated rings. The smallest absolute Gasteiger partial charge is 0.429 e. The SMILES string of the molecule is CCOC(=O)N(NCc1ccccc1)c1ccccc1. The number of nitrogens with zero attached hydrogens (tertiary/aromatic N) is 1. The minimum Gasteiger partial charge on any atom is -0.449 e. The molecular formula is C16H18N2O2. The highest BCUT2D eigenvalue weighted by molar-refractivity contribution is 5.86. The van der Waals surface area contributed by atoms with E-state index in [1.807, 2.05) is 60.7 Å². The fraction of sp³-hybridized carbons (Fsp3) is 0.188. The first-order valence-electron chi connectivity index (χ1n) is 6.60. The minimum atomic E-state index is -0.408. The zero-order valence-electron chi connectivity index (χ0n) is 11.5. The number of para-hydroxylation sites is 1. The van der Waals surface area contributed by atoms with E-state index in [-0.39, 0.29) is 0 Å². The van der Waals surface area contributed by atoms with Gasteiger partial charge < -0.3 is 4.74 Å². The van der Waals surface area contributed by atoms with Crippen LogP contribution in [0.3, 0.4) is 0 Å². The van der Waals surface area contributed by atoms with Gasteiger partial charge in [0.1, 0.15) is 0 Å². The maximum atomic E-state index is 12.0. The molecular weight excluding hydrogens is 252 g/mol. The summed E-state index contributed by atoms with van der Waals surface area (Å²) < 4.78 is 5.07. The van der Waals surface area contributed by atoms with Crippen molar-refractivity contribution < 1.29 is 9.53 Å². The third kappa shape index (κ3) is 3.83. The Morgan fingerprint density at radius 1 is 1.05 bits per heavy atom. The fourth-order valence-corrected chi connectivity index (χ4v) is 1.79. The zero-order chi connectivity index (χ0) is 14.2. The third-order valence-electron chi connectivity index (χ3n) is 2.75. The largest absolute Gasteiger partial charge is 0.449 e. The molecule has 0 atom stereocenters. The molecule has 0 aliphatic heterocycles. The summed E-state index contributed by atoms with van der Waals surface area (Å²) in [5.41, 5.74) is 4.94. The van der Waals surface area contributed by atoms with Gasteiger partial charge in [-0.3, -0.25) is 0 Å². The molecule has 0 aliphatic rings. The zero-order valence-corrected chi connectivity index (χ0v) is 11.5. The van der Waals surface area contributed by atoms with E-state index in [4.69, 9.17) is 4.74 Å². The van der Waals surface area contributed by atoms with E-state index in [1.54, 1.807) is 6.92 Å². The molecule has 0 unspecified atom stereocenters. The van der Waals surface area contributed by atoms with Gasteiger partial charge in [0.25, 0.3) is 0 Å². The molecule has 0 aliphatic carbocycles. The number of nitrogens with one attached hydrogen (secondary N) is 1. The lowest BCUT2D eigenvalue weighted by atomic mass is 10.2. The lowest BCUT2D eigenvalue weighted by Crippen LogP contribution is -2.43. The molecule has 1 N–H and O–H groups in total. The number of rotatable bonds is 5. The second-order valence-corrected chi connectivity index (χ2v) is 4.19. The minimum absolute atomic E-state index is 0.342. The lowest BCUT2D eigenvalue weighted by Gasteiger charge is -2.22. The second-order valence-electron chi connectivity index (χ2n) is 4.19. The maximum absolute atomic E-state index is 12.0. The van der Waals surface area contributed by atoms with E-state index in [0.29, 0.717) is 13.2 Å². The van der Waals surface area contributed by atoms with Gasteiger partial charge in [-0.15, -0.1) is 0 Å². The van der Waals surface area contributed by atoms with Crippen molar-refractivity contribution in [1.82, 2.24) is 5.43 Å². The third-order valence-corrected chi connectivity index (χ3v) is 2.75. The second kappa shape index (κ2) is 7.31. The van der Waals surface area contributed by atoms with E-state index >= 15 is 0 Å².